The molecule has 8 heteroatoms. The first-order chi connectivity index (χ1) is 14.4. The van der Waals surface area contributed by atoms with Gasteiger partial charge in [-0.05, 0) is 36.4 Å². The van der Waals surface area contributed by atoms with Crippen molar-refractivity contribution in [2.75, 3.05) is 20.7 Å². The number of ether oxygens (including phenoxy) is 1. The van der Waals surface area contributed by atoms with Crippen molar-refractivity contribution in [1.29, 1.82) is 0 Å². The maximum atomic E-state index is 11.9. The number of carbonyl (C=O) groups excluding carboxylic acids is 2. The van der Waals surface area contributed by atoms with Crippen LogP contribution in [-0.2, 0) is 4.79 Å². The molecule has 2 amide bonds. The number of hydrogen-bond acceptors (Lipinski definition) is 5. The molecule has 30 heavy (non-hydrogen) atoms. The fourth-order valence-corrected chi connectivity index (χ4v) is 2.94. The number of rotatable bonds is 7. The van der Waals surface area contributed by atoms with E-state index in [1.807, 2.05) is 18.2 Å². The van der Waals surface area contributed by atoms with E-state index in [1.54, 1.807) is 43.1 Å². The summed E-state index contributed by atoms with van der Waals surface area (Å²) in [6.45, 7) is 0.415. The lowest BCUT2D eigenvalue weighted by Gasteiger charge is -2.10. The number of carbonyl (C=O) groups is 2. The lowest BCUT2D eigenvalue weighted by Crippen LogP contribution is -2.21. The van der Waals surface area contributed by atoms with Crippen molar-refractivity contribution in [2.24, 2.45) is 5.73 Å². The lowest BCUT2D eigenvalue weighted by molar-refractivity contribution is -0.117. The van der Waals surface area contributed by atoms with Gasteiger partial charge in [0, 0.05) is 31.0 Å². The normalized spacial score (nSPS) is 11.4. The second-order valence-electron chi connectivity index (χ2n) is 6.72. The summed E-state index contributed by atoms with van der Waals surface area (Å²) in [6.07, 6.45) is 0.208. The van der Waals surface area contributed by atoms with E-state index in [2.05, 4.69) is 16.9 Å². The summed E-state index contributed by atoms with van der Waals surface area (Å²) in [7, 11) is 3.18. The van der Waals surface area contributed by atoms with Crippen molar-refractivity contribution in [2.45, 2.75) is 12.5 Å². The number of benzene rings is 2. The van der Waals surface area contributed by atoms with E-state index in [0.29, 0.717) is 47.3 Å². The van der Waals surface area contributed by atoms with Crippen LogP contribution in [0.1, 0.15) is 22.5 Å². The molecule has 0 bridgehead atoms. The molecule has 1 unspecified atom stereocenters. The van der Waals surface area contributed by atoms with Crippen LogP contribution >= 0.6 is 0 Å². The third kappa shape index (κ3) is 4.59. The quantitative estimate of drug-likeness (QED) is 0.454. The minimum absolute atomic E-state index is 0.148. The zero-order valence-corrected chi connectivity index (χ0v) is 16.7. The van der Waals surface area contributed by atoms with Crippen LogP contribution in [0.15, 0.2) is 42.5 Å². The lowest BCUT2D eigenvalue weighted by atomic mass is 10.1. The molecular weight excluding hydrogens is 384 g/mol. The number of methoxy groups -OCH3 is 1. The Balaban J connectivity index is 1.93. The minimum atomic E-state index is -0.851. The summed E-state index contributed by atoms with van der Waals surface area (Å²) in [4.78, 5) is 23.9. The Bertz CT molecular complexity index is 1140. The number of nitrogens with zero attached hydrogens (tertiary/aromatic N) is 3. The van der Waals surface area contributed by atoms with Gasteiger partial charge in [-0.3, -0.25) is 9.59 Å². The van der Waals surface area contributed by atoms with Gasteiger partial charge >= 0.3 is 0 Å². The van der Waals surface area contributed by atoms with E-state index >= 15 is 0 Å². The molecule has 0 radical (unpaired) electrons. The number of amides is 2. The van der Waals surface area contributed by atoms with Crippen LogP contribution in [0.5, 0.6) is 5.75 Å². The molecule has 154 valence electrons. The highest BCUT2D eigenvalue weighted by molar-refractivity contribution is 6.04. The molecule has 3 N–H and O–H groups in total. The molecule has 0 aliphatic carbocycles. The third-order valence-electron chi connectivity index (χ3n) is 4.53. The first kappa shape index (κ1) is 20.9. The van der Waals surface area contributed by atoms with Crippen LogP contribution in [0.25, 0.3) is 16.6 Å². The van der Waals surface area contributed by atoms with Crippen molar-refractivity contribution in [3.63, 3.8) is 0 Å². The van der Waals surface area contributed by atoms with Gasteiger partial charge in [-0.25, -0.2) is 4.68 Å². The molecule has 3 rings (SSSR count). The van der Waals surface area contributed by atoms with Gasteiger partial charge in [-0.15, -0.1) is 0 Å². The number of primary amides is 1. The van der Waals surface area contributed by atoms with E-state index in [0.717, 1.165) is 0 Å². The van der Waals surface area contributed by atoms with Gasteiger partial charge in [0.05, 0.1) is 18.3 Å². The van der Waals surface area contributed by atoms with Gasteiger partial charge in [0.2, 0.25) is 6.41 Å². The van der Waals surface area contributed by atoms with Crippen molar-refractivity contribution in [1.82, 2.24) is 14.7 Å². The highest BCUT2D eigenvalue weighted by Gasteiger charge is 2.16. The average Bonchev–Trinajstić information content (AvgIpc) is 3.15. The molecule has 1 heterocycles. The molecular formula is C22H22N4O4. The summed E-state index contributed by atoms with van der Waals surface area (Å²) >= 11 is 0. The average molecular weight is 406 g/mol. The summed E-state index contributed by atoms with van der Waals surface area (Å²) in [6, 6.07) is 12.6. The van der Waals surface area contributed by atoms with Crippen molar-refractivity contribution >= 4 is 23.2 Å². The number of fused-ring (bicyclic) bond motifs is 1. The highest BCUT2D eigenvalue weighted by atomic mass is 16.5. The van der Waals surface area contributed by atoms with Crippen molar-refractivity contribution in [3.05, 3.63) is 53.7 Å². The molecule has 3 aromatic rings. The largest absolute Gasteiger partial charge is 0.497 e. The van der Waals surface area contributed by atoms with E-state index < -0.39 is 12.0 Å². The van der Waals surface area contributed by atoms with Gasteiger partial charge < -0.3 is 20.5 Å². The number of hydrogen-bond donors (Lipinski definition) is 2. The second kappa shape index (κ2) is 9.11. The smallest absolute Gasteiger partial charge is 0.269 e. The summed E-state index contributed by atoms with van der Waals surface area (Å²) in [5, 5.41) is 15.0. The summed E-state index contributed by atoms with van der Waals surface area (Å²) in [5.74, 6) is 5.67. The predicted molar refractivity (Wildman–Crippen MR) is 112 cm³/mol. The monoisotopic (exact) mass is 406 g/mol. The van der Waals surface area contributed by atoms with E-state index in [1.165, 1.54) is 4.90 Å². The van der Waals surface area contributed by atoms with Crippen molar-refractivity contribution < 1.29 is 19.4 Å². The fourth-order valence-electron chi connectivity index (χ4n) is 2.94. The van der Waals surface area contributed by atoms with E-state index in [4.69, 9.17) is 10.5 Å². The molecule has 0 spiro atoms. The van der Waals surface area contributed by atoms with Crippen LogP contribution < -0.4 is 10.5 Å². The first-order valence-corrected chi connectivity index (χ1v) is 9.25. The Morgan fingerprint density at radius 1 is 1.37 bits per heavy atom. The molecule has 8 nitrogen and oxygen atoms in total. The number of aliphatic hydroxyl groups is 1. The molecule has 1 atom stereocenters. The molecule has 1 aromatic heterocycles. The van der Waals surface area contributed by atoms with Crippen molar-refractivity contribution in [3.8, 4) is 23.3 Å². The molecule has 0 aliphatic heterocycles. The third-order valence-corrected chi connectivity index (χ3v) is 4.53. The molecule has 0 aliphatic rings. The van der Waals surface area contributed by atoms with Crippen LogP contribution in [0.4, 0.5) is 0 Å². The Kier molecular flexibility index (Phi) is 6.35. The van der Waals surface area contributed by atoms with Gasteiger partial charge in [0.25, 0.3) is 5.91 Å². The zero-order chi connectivity index (χ0) is 21.7. The maximum absolute atomic E-state index is 11.9. The summed E-state index contributed by atoms with van der Waals surface area (Å²) < 4.78 is 6.85. The molecule has 0 fully saturated rings. The van der Waals surface area contributed by atoms with Gasteiger partial charge in [-0.1, -0.05) is 17.9 Å². The molecule has 0 saturated carbocycles. The standard InChI is InChI=1S/C22H22N4O4/c1-25(14-27)11-10-17(28)7-6-15-4-3-5-16(12-15)26-20-9-8-18(30-2)13-19(20)21(24-26)22(23)29/h3-5,8-9,12-14,17,28H,10-11H2,1-2H3,(H2,23,29). The maximum Gasteiger partial charge on any atom is 0.269 e. The summed E-state index contributed by atoms with van der Waals surface area (Å²) in [5.41, 5.74) is 7.72. The number of aromatic nitrogens is 2. The Labute approximate surface area is 173 Å². The van der Waals surface area contributed by atoms with Gasteiger partial charge in [-0.2, -0.15) is 5.10 Å². The predicted octanol–water partition coefficient (Wildman–Crippen LogP) is 1.32. The van der Waals surface area contributed by atoms with Crippen LogP contribution in [-0.4, -0.2) is 58.9 Å². The van der Waals surface area contributed by atoms with E-state index in [-0.39, 0.29) is 5.69 Å². The highest BCUT2D eigenvalue weighted by Crippen LogP contribution is 2.26. The van der Waals surface area contributed by atoms with E-state index in [9.17, 15) is 14.7 Å². The SMILES string of the molecule is COc1ccc2c(c1)c(C(N)=O)nn2-c1cccc(C#CC(O)CCN(C)C=O)c1. The number of aliphatic hydroxyl groups excluding tert-OH is 1. The molecule has 0 saturated heterocycles. The Morgan fingerprint density at radius 2 is 2.17 bits per heavy atom. The fraction of sp³-hybridized carbons (Fsp3) is 0.227. The second-order valence-corrected chi connectivity index (χ2v) is 6.72. The van der Waals surface area contributed by atoms with Crippen LogP contribution in [0.2, 0.25) is 0 Å². The zero-order valence-electron chi connectivity index (χ0n) is 16.7. The van der Waals surface area contributed by atoms with Gasteiger partial charge in [0.15, 0.2) is 5.69 Å². The first-order valence-electron chi connectivity index (χ1n) is 9.25. The Morgan fingerprint density at radius 3 is 2.87 bits per heavy atom. The Hall–Kier alpha value is -3.83. The van der Waals surface area contributed by atoms with Crippen LogP contribution in [0.3, 0.4) is 0 Å². The molecule has 2 aromatic carbocycles. The van der Waals surface area contributed by atoms with Crippen LogP contribution in [0, 0.1) is 11.8 Å². The number of nitrogens with two attached hydrogens (primary N) is 1. The van der Waals surface area contributed by atoms with Gasteiger partial charge in [0.1, 0.15) is 11.9 Å². The minimum Gasteiger partial charge on any atom is -0.497 e. The topological polar surface area (TPSA) is 111 Å².